The number of nitrogens with one attached hydrogen (secondary N) is 1. The molecular formula is C18H19N2O3-. The zero-order valence-corrected chi connectivity index (χ0v) is 13.2. The van der Waals surface area contributed by atoms with E-state index in [0.717, 1.165) is 16.7 Å². The molecule has 2 bridgehead atoms. The number of carbonyl (C=O) groups is 2. The van der Waals surface area contributed by atoms with Crippen LogP contribution in [0.1, 0.15) is 19.4 Å². The first-order valence-electron chi connectivity index (χ1n) is 7.73. The molecular weight excluding hydrogens is 292 g/mol. The van der Waals surface area contributed by atoms with E-state index in [2.05, 4.69) is 10.3 Å². The van der Waals surface area contributed by atoms with Crippen LogP contribution >= 0.6 is 0 Å². The number of carboxylic acid groups (broad SMARTS) is 1. The van der Waals surface area contributed by atoms with Crippen molar-refractivity contribution >= 4 is 11.9 Å². The van der Waals surface area contributed by atoms with Crippen molar-refractivity contribution in [2.75, 3.05) is 0 Å². The van der Waals surface area contributed by atoms with Crippen LogP contribution in [0, 0.1) is 23.7 Å². The third kappa shape index (κ3) is 2.67. The Labute approximate surface area is 135 Å². The Morgan fingerprint density at radius 1 is 1.22 bits per heavy atom. The maximum absolute atomic E-state index is 12.6. The summed E-state index contributed by atoms with van der Waals surface area (Å²) >= 11 is 0. The summed E-state index contributed by atoms with van der Waals surface area (Å²) in [5.41, 5.74) is 3.02. The first-order chi connectivity index (χ1) is 11.0. The van der Waals surface area contributed by atoms with Crippen molar-refractivity contribution in [1.29, 1.82) is 0 Å². The summed E-state index contributed by atoms with van der Waals surface area (Å²) in [4.78, 5) is 28.2. The minimum absolute atomic E-state index is 0.137. The van der Waals surface area contributed by atoms with Gasteiger partial charge in [0, 0.05) is 42.7 Å². The SMILES string of the molecule is CC(C)=C1[C@H]2C=C[C@@H]1[C@H](C(=O)[O-])[C@@H]2C(=O)NCc1cccnc1. The first-order valence-corrected chi connectivity index (χ1v) is 7.73. The predicted octanol–water partition coefficient (Wildman–Crippen LogP) is 0.832. The lowest BCUT2D eigenvalue weighted by Gasteiger charge is -2.27. The molecule has 2 aliphatic rings. The van der Waals surface area contributed by atoms with E-state index >= 15 is 0 Å². The van der Waals surface area contributed by atoms with Crippen LogP contribution in [0.4, 0.5) is 0 Å². The van der Waals surface area contributed by atoms with Gasteiger partial charge in [-0.25, -0.2) is 0 Å². The minimum atomic E-state index is -1.15. The van der Waals surface area contributed by atoms with Gasteiger partial charge in [0.1, 0.15) is 0 Å². The van der Waals surface area contributed by atoms with E-state index in [1.54, 1.807) is 18.5 Å². The highest BCUT2D eigenvalue weighted by Gasteiger charge is 2.52. The minimum Gasteiger partial charge on any atom is -0.550 e. The monoisotopic (exact) mass is 311 g/mol. The Balaban J connectivity index is 1.80. The highest BCUT2D eigenvalue weighted by molar-refractivity contribution is 5.87. The molecule has 1 saturated carbocycles. The van der Waals surface area contributed by atoms with Crippen LogP contribution in [0.2, 0.25) is 0 Å². The van der Waals surface area contributed by atoms with Gasteiger partial charge in [-0.2, -0.15) is 0 Å². The summed E-state index contributed by atoms with van der Waals surface area (Å²) in [6.07, 6.45) is 7.21. The van der Waals surface area contributed by atoms with Crippen LogP contribution in [0.15, 0.2) is 47.8 Å². The molecule has 0 aliphatic heterocycles. The molecule has 5 heteroatoms. The van der Waals surface area contributed by atoms with Gasteiger partial charge in [0.2, 0.25) is 5.91 Å². The lowest BCUT2D eigenvalue weighted by atomic mass is 9.82. The quantitative estimate of drug-likeness (QED) is 0.835. The number of allylic oxidation sites excluding steroid dienone is 4. The normalized spacial score (nSPS) is 28.0. The van der Waals surface area contributed by atoms with Gasteiger partial charge in [-0.15, -0.1) is 0 Å². The summed E-state index contributed by atoms with van der Waals surface area (Å²) in [7, 11) is 0. The second kappa shape index (κ2) is 5.99. The molecule has 23 heavy (non-hydrogen) atoms. The first kappa shape index (κ1) is 15.5. The van der Waals surface area contributed by atoms with Crippen LogP contribution in [0.25, 0.3) is 0 Å². The number of hydrogen-bond acceptors (Lipinski definition) is 4. The summed E-state index contributed by atoms with van der Waals surface area (Å²) in [5, 5.41) is 14.4. The molecule has 0 unspecified atom stereocenters. The van der Waals surface area contributed by atoms with Gasteiger partial charge < -0.3 is 15.2 Å². The number of carbonyl (C=O) groups excluding carboxylic acids is 2. The number of amides is 1. The summed E-state index contributed by atoms with van der Waals surface area (Å²) < 4.78 is 0. The maximum Gasteiger partial charge on any atom is 0.225 e. The molecule has 1 amide bonds. The van der Waals surface area contributed by atoms with Gasteiger partial charge in [0.05, 0.1) is 5.92 Å². The number of carboxylic acids is 1. The van der Waals surface area contributed by atoms with Gasteiger partial charge in [0.25, 0.3) is 0 Å². The molecule has 0 saturated heterocycles. The fourth-order valence-electron chi connectivity index (χ4n) is 3.84. The van der Waals surface area contributed by atoms with Gasteiger partial charge in [-0.3, -0.25) is 9.78 Å². The van der Waals surface area contributed by atoms with Crippen LogP contribution in [-0.2, 0) is 16.1 Å². The topological polar surface area (TPSA) is 82.1 Å². The number of aromatic nitrogens is 1. The van der Waals surface area contributed by atoms with Crippen LogP contribution in [0.5, 0.6) is 0 Å². The standard InChI is InChI=1S/C18H20N2O3/c1-10(2)14-12-5-6-13(14)16(18(22)23)15(12)17(21)20-9-11-4-3-7-19-8-11/h3-8,12-13,15-16H,9H2,1-2H3,(H,20,21)(H,22,23)/p-1/t12-,13+,15-,16+/m1/s1. The zero-order valence-electron chi connectivity index (χ0n) is 13.2. The van der Waals surface area contributed by atoms with Crippen molar-refractivity contribution in [3.63, 3.8) is 0 Å². The zero-order chi connectivity index (χ0) is 16.6. The number of pyridine rings is 1. The van der Waals surface area contributed by atoms with Crippen molar-refractivity contribution in [2.45, 2.75) is 20.4 Å². The smallest absolute Gasteiger partial charge is 0.225 e. The van der Waals surface area contributed by atoms with Gasteiger partial charge in [-0.1, -0.05) is 29.4 Å². The molecule has 120 valence electrons. The van der Waals surface area contributed by atoms with Gasteiger partial charge in [0.15, 0.2) is 0 Å². The van der Waals surface area contributed by atoms with E-state index in [1.165, 1.54) is 0 Å². The molecule has 3 rings (SSSR count). The van der Waals surface area contributed by atoms with Crippen molar-refractivity contribution in [2.24, 2.45) is 23.7 Å². The maximum atomic E-state index is 12.6. The van der Waals surface area contributed by atoms with E-state index in [1.807, 2.05) is 32.1 Å². The van der Waals surface area contributed by atoms with Crippen LogP contribution in [0.3, 0.4) is 0 Å². The molecule has 5 nitrogen and oxygen atoms in total. The summed E-state index contributed by atoms with van der Waals surface area (Å²) in [6.45, 7) is 4.27. The van der Waals surface area contributed by atoms with Crippen molar-refractivity contribution < 1.29 is 14.7 Å². The molecule has 0 aromatic carbocycles. The van der Waals surface area contributed by atoms with Crippen molar-refractivity contribution in [3.05, 3.63) is 53.4 Å². The largest absolute Gasteiger partial charge is 0.550 e. The fourth-order valence-corrected chi connectivity index (χ4v) is 3.84. The van der Waals surface area contributed by atoms with Crippen LogP contribution < -0.4 is 10.4 Å². The van der Waals surface area contributed by atoms with E-state index < -0.39 is 17.8 Å². The van der Waals surface area contributed by atoms with E-state index in [9.17, 15) is 14.7 Å². The Hall–Kier alpha value is -2.43. The Kier molecular flexibility index (Phi) is 4.03. The molecule has 1 fully saturated rings. The van der Waals surface area contributed by atoms with Crippen molar-refractivity contribution in [3.8, 4) is 0 Å². The number of nitrogens with zero attached hydrogens (tertiary/aromatic N) is 1. The molecule has 4 atom stereocenters. The molecule has 1 heterocycles. The highest BCUT2D eigenvalue weighted by atomic mass is 16.4. The lowest BCUT2D eigenvalue weighted by Crippen LogP contribution is -2.44. The number of hydrogen-bond donors (Lipinski definition) is 1. The summed E-state index contributed by atoms with van der Waals surface area (Å²) in [6, 6.07) is 3.67. The number of aliphatic carboxylic acids is 1. The number of rotatable bonds is 4. The molecule has 1 aromatic rings. The average Bonchev–Trinajstić information content (AvgIpc) is 3.09. The van der Waals surface area contributed by atoms with E-state index in [4.69, 9.17) is 0 Å². The third-order valence-corrected chi connectivity index (χ3v) is 4.75. The van der Waals surface area contributed by atoms with Crippen molar-refractivity contribution in [1.82, 2.24) is 10.3 Å². The molecule has 1 aromatic heterocycles. The third-order valence-electron chi connectivity index (χ3n) is 4.75. The molecule has 0 radical (unpaired) electrons. The van der Waals surface area contributed by atoms with E-state index in [-0.39, 0.29) is 17.7 Å². The van der Waals surface area contributed by atoms with Gasteiger partial charge in [-0.05, 0) is 25.5 Å². The second-order valence-corrected chi connectivity index (χ2v) is 6.34. The number of fused-ring (bicyclic) bond motifs is 2. The molecule has 1 N–H and O–H groups in total. The van der Waals surface area contributed by atoms with Crippen LogP contribution in [-0.4, -0.2) is 16.9 Å². The average molecular weight is 311 g/mol. The fraction of sp³-hybridized carbons (Fsp3) is 0.389. The molecule has 2 aliphatic carbocycles. The Bertz CT molecular complexity index is 689. The predicted molar refractivity (Wildman–Crippen MR) is 82.6 cm³/mol. The lowest BCUT2D eigenvalue weighted by molar-refractivity contribution is -0.313. The summed E-state index contributed by atoms with van der Waals surface area (Å²) in [5.74, 6) is -3.13. The Morgan fingerprint density at radius 2 is 1.91 bits per heavy atom. The molecule has 0 spiro atoms. The van der Waals surface area contributed by atoms with Gasteiger partial charge >= 0.3 is 0 Å². The van der Waals surface area contributed by atoms with E-state index in [0.29, 0.717) is 6.54 Å². The highest BCUT2D eigenvalue weighted by Crippen LogP contribution is 2.52. The Morgan fingerprint density at radius 3 is 2.48 bits per heavy atom. The second-order valence-electron chi connectivity index (χ2n) is 6.34.